The Hall–Kier alpha value is 0.230. The molecule has 2 atom stereocenters. The Labute approximate surface area is 78.6 Å². The molecule has 0 bridgehead atoms. The Morgan fingerprint density at radius 1 is 1.42 bits per heavy atom. The van der Waals surface area contributed by atoms with Crippen LogP contribution in [0, 0.1) is 0 Å². The molecule has 1 aliphatic heterocycles. The summed E-state index contributed by atoms with van der Waals surface area (Å²) in [6.45, 7) is 8.49. The van der Waals surface area contributed by atoms with E-state index in [0.29, 0.717) is 6.61 Å². The van der Waals surface area contributed by atoms with Gasteiger partial charge in [0.2, 0.25) is 0 Å². The first-order valence-electron chi connectivity index (χ1n) is 4.42. The second-order valence-corrected chi connectivity index (χ2v) is 5.27. The molecule has 0 aromatic carbocycles. The highest BCUT2D eigenvalue weighted by molar-refractivity contribution is 8.00. The number of rotatable bonds is 3. The van der Waals surface area contributed by atoms with Crippen molar-refractivity contribution in [2.75, 3.05) is 26.2 Å². The number of thioether (sulfide) groups is 1. The molecule has 0 radical (unpaired) electrons. The second-order valence-electron chi connectivity index (χ2n) is 3.39. The van der Waals surface area contributed by atoms with Gasteiger partial charge in [0.05, 0.1) is 6.61 Å². The van der Waals surface area contributed by atoms with Gasteiger partial charge in [-0.15, -0.1) is 0 Å². The van der Waals surface area contributed by atoms with Crippen LogP contribution in [0.15, 0.2) is 0 Å². The van der Waals surface area contributed by atoms with Crippen molar-refractivity contribution in [1.29, 1.82) is 0 Å². The zero-order valence-corrected chi connectivity index (χ0v) is 8.64. The highest BCUT2D eigenvalue weighted by atomic mass is 32.2. The first-order valence-corrected chi connectivity index (χ1v) is 5.36. The SMILES string of the molecule is CC1CN(CCON)CC(C)S1. The van der Waals surface area contributed by atoms with Crippen LogP contribution in [-0.4, -0.2) is 41.6 Å². The van der Waals surface area contributed by atoms with Crippen molar-refractivity contribution in [3.8, 4) is 0 Å². The van der Waals surface area contributed by atoms with E-state index in [1.807, 2.05) is 0 Å². The normalized spacial score (nSPS) is 32.2. The van der Waals surface area contributed by atoms with Crippen LogP contribution in [0.5, 0.6) is 0 Å². The Morgan fingerprint density at radius 3 is 2.50 bits per heavy atom. The minimum Gasteiger partial charge on any atom is -0.303 e. The van der Waals surface area contributed by atoms with Crippen molar-refractivity contribution in [2.45, 2.75) is 24.3 Å². The molecule has 1 heterocycles. The summed E-state index contributed by atoms with van der Waals surface area (Å²) in [4.78, 5) is 6.98. The smallest absolute Gasteiger partial charge is 0.0806 e. The molecular weight excluding hydrogens is 172 g/mol. The first kappa shape index (κ1) is 10.3. The van der Waals surface area contributed by atoms with Gasteiger partial charge in [-0.1, -0.05) is 13.8 Å². The molecule has 1 fully saturated rings. The van der Waals surface area contributed by atoms with Crippen LogP contribution >= 0.6 is 11.8 Å². The Bertz CT molecular complexity index is 124. The molecule has 0 saturated carbocycles. The molecule has 3 nitrogen and oxygen atoms in total. The maximum Gasteiger partial charge on any atom is 0.0806 e. The molecule has 1 aliphatic rings. The maximum atomic E-state index is 4.98. The zero-order valence-electron chi connectivity index (χ0n) is 7.82. The number of nitrogens with zero attached hydrogens (tertiary/aromatic N) is 1. The van der Waals surface area contributed by atoms with Crippen LogP contribution in [0.3, 0.4) is 0 Å². The molecule has 12 heavy (non-hydrogen) atoms. The second kappa shape index (κ2) is 5.07. The van der Waals surface area contributed by atoms with E-state index in [9.17, 15) is 0 Å². The van der Waals surface area contributed by atoms with Crippen molar-refractivity contribution in [3.05, 3.63) is 0 Å². The van der Waals surface area contributed by atoms with Gasteiger partial charge in [-0.2, -0.15) is 11.8 Å². The van der Waals surface area contributed by atoms with Crippen molar-refractivity contribution in [3.63, 3.8) is 0 Å². The van der Waals surface area contributed by atoms with E-state index >= 15 is 0 Å². The van der Waals surface area contributed by atoms with Gasteiger partial charge in [-0.05, 0) is 0 Å². The Morgan fingerprint density at radius 2 is 2.00 bits per heavy atom. The van der Waals surface area contributed by atoms with Gasteiger partial charge in [-0.25, -0.2) is 5.90 Å². The first-order chi connectivity index (χ1) is 5.72. The third-order valence-corrected chi connectivity index (χ3v) is 3.25. The molecule has 2 unspecified atom stereocenters. The molecule has 0 aliphatic carbocycles. The van der Waals surface area contributed by atoms with E-state index in [1.54, 1.807) is 0 Å². The van der Waals surface area contributed by atoms with Crippen molar-refractivity contribution >= 4 is 11.8 Å². The van der Waals surface area contributed by atoms with Gasteiger partial charge in [0.1, 0.15) is 0 Å². The Balaban J connectivity index is 2.24. The molecule has 1 rings (SSSR count). The van der Waals surface area contributed by atoms with Crippen LogP contribution < -0.4 is 5.90 Å². The van der Waals surface area contributed by atoms with Gasteiger partial charge in [0, 0.05) is 30.1 Å². The van der Waals surface area contributed by atoms with Crippen LogP contribution in [0.4, 0.5) is 0 Å². The molecule has 0 aromatic heterocycles. The number of hydrogen-bond donors (Lipinski definition) is 1. The summed E-state index contributed by atoms with van der Waals surface area (Å²) in [7, 11) is 0. The fraction of sp³-hybridized carbons (Fsp3) is 1.00. The molecule has 1 saturated heterocycles. The summed E-state index contributed by atoms with van der Waals surface area (Å²) in [6, 6.07) is 0. The lowest BCUT2D eigenvalue weighted by atomic mass is 10.3. The van der Waals surface area contributed by atoms with Crippen LogP contribution in [0.25, 0.3) is 0 Å². The lowest BCUT2D eigenvalue weighted by Crippen LogP contribution is -2.42. The third kappa shape index (κ3) is 3.31. The molecule has 4 heteroatoms. The highest BCUT2D eigenvalue weighted by Crippen LogP contribution is 2.24. The third-order valence-electron chi connectivity index (χ3n) is 2.02. The molecule has 72 valence electrons. The van der Waals surface area contributed by atoms with Crippen LogP contribution in [0.2, 0.25) is 0 Å². The lowest BCUT2D eigenvalue weighted by molar-refractivity contribution is 0.105. The average Bonchev–Trinajstić information content (AvgIpc) is 1.99. The van der Waals surface area contributed by atoms with E-state index in [0.717, 1.165) is 17.0 Å². The Kier molecular flexibility index (Phi) is 4.35. The largest absolute Gasteiger partial charge is 0.303 e. The van der Waals surface area contributed by atoms with E-state index < -0.39 is 0 Å². The summed E-state index contributed by atoms with van der Waals surface area (Å²) in [5, 5.41) is 1.48. The monoisotopic (exact) mass is 190 g/mol. The fourth-order valence-electron chi connectivity index (χ4n) is 1.65. The van der Waals surface area contributed by atoms with Crippen LogP contribution in [0.1, 0.15) is 13.8 Å². The zero-order chi connectivity index (χ0) is 8.97. The standard InChI is InChI=1S/C8H18N2OS/c1-7-5-10(3-4-11-9)6-8(2)12-7/h7-8H,3-6,9H2,1-2H3. The van der Waals surface area contributed by atoms with Gasteiger partial charge in [-0.3, -0.25) is 4.90 Å². The van der Waals surface area contributed by atoms with E-state index in [2.05, 4.69) is 35.3 Å². The summed E-state index contributed by atoms with van der Waals surface area (Å²) < 4.78 is 0. The molecule has 0 spiro atoms. The fourth-order valence-corrected chi connectivity index (χ4v) is 3.04. The topological polar surface area (TPSA) is 38.5 Å². The minimum atomic E-state index is 0.643. The number of nitrogens with two attached hydrogens (primary N) is 1. The predicted molar refractivity (Wildman–Crippen MR) is 53.1 cm³/mol. The van der Waals surface area contributed by atoms with E-state index in [4.69, 9.17) is 5.90 Å². The van der Waals surface area contributed by atoms with Crippen molar-refractivity contribution in [1.82, 2.24) is 4.90 Å². The lowest BCUT2D eigenvalue weighted by Gasteiger charge is -2.34. The van der Waals surface area contributed by atoms with Gasteiger partial charge < -0.3 is 4.84 Å². The van der Waals surface area contributed by atoms with E-state index in [-0.39, 0.29) is 0 Å². The van der Waals surface area contributed by atoms with Gasteiger partial charge in [0.15, 0.2) is 0 Å². The summed E-state index contributed by atoms with van der Waals surface area (Å²) >= 11 is 2.06. The summed E-state index contributed by atoms with van der Waals surface area (Å²) in [6.07, 6.45) is 0. The molecule has 0 amide bonds. The van der Waals surface area contributed by atoms with E-state index in [1.165, 1.54) is 13.1 Å². The minimum absolute atomic E-state index is 0.643. The highest BCUT2D eigenvalue weighted by Gasteiger charge is 2.21. The quantitative estimate of drug-likeness (QED) is 0.665. The summed E-state index contributed by atoms with van der Waals surface area (Å²) in [5.41, 5.74) is 0. The van der Waals surface area contributed by atoms with Gasteiger partial charge >= 0.3 is 0 Å². The average molecular weight is 190 g/mol. The molecular formula is C8H18N2OS. The van der Waals surface area contributed by atoms with Crippen molar-refractivity contribution in [2.24, 2.45) is 5.90 Å². The number of hydrogen-bond acceptors (Lipinski definition) is 4. The predicted octanol–water partition coefficient (Wildman–Crippen LogP) is 0.703. The van der Waals surface area contributed by atoms with Crippen molar-refractivity contribution < 1.29 is 4.84 Å². The van der Waals surface area contributed by atoms with Gasteiger partial charge in [0.25, 0.3) is 0 Å². The maximum absolute atomic E-state index is 4.98. The summed E-state index contributed by atoms with van der Waals surface area (Å²) in [5.74, 6) is 4.98. The molecule has 0 aromatic rings. The molecule has 2 N–H and O–H groups in total. The van der Waals surface area contributed by atoms with Crippen LogP contribution in [-0.2, 0) is 4.84 Å².